The molecular formula is C21H24BrN3O4S. The highest BCUT2D eigenvalue weighted by Crippen LogP contribution is 2.17. The maximum absolute atomic E-state index is 12.5. The highest BCUT2D eigenvalue weighted by atomic mass is 79.9. The summed E-state index contributed by atoms with van der Waals surface area (Å²) in [4.78, 5) is 24.0. The van der Waals surface area contributed by atoms with Gasteiger partial charge in [0, 0.05) is 29.3 Å². The van der Waals surface area contributed by atoms with E-state index in [1.165, 1.54) is 22.5 Å². The van der Waals surface area contributed by atoms with E-state index in [9.17, 15) is 18.0 Å². The molecule has 0 aliphatic carbocycles. The second kappa shape index (κ2) is 11.1. The lowest BCUT2D eigenvalue weighted by Gasteiger charge is -2.18. The van der Waals surface area contributed by atoms with Crippen LogP contribution in [-0.2, 0) is 19.6 Å². The third-order valence-corrected chi connectivity index (χ3v) is 6.79. The molecule has 0 unspecified atom stereocenters. The predicted molar refractivity (Wildman–Crippen MR) is 121 cm³/mol. The van der Waals surface area contributed by atoms with Crippen LogP contribution < -0.4 is 10.6 Å². The maximum Gasteiger partial charge on any atom is 0.244 e. The number of nitrogens with zero attached hydrogens (tertiary/aromatic N) is 1. The standard InChI is InChI=1S/C21H24BrN3O4S/c1-3-25(4-2)30(28,29)19-12-5-16(6-13-19)7-14-20(26)23-15-21(27)24-18-10-8-17(22)9-11-18/h5-14H,3-4,15H2,1-2H3,(H,23,26)(H,24,27)/b14-7+. The number of carbonyl (C=O) groups excluding carboxylic acids is 2. The number of halogens is 1. The molecule has 2 amide bonds. The molecule has 0 aliphatic rings. The zero-order valence-electron chi connectivity index (χ0n) is 16.8. The summed E-state index contributed by atoms with van der Waals surface area (Å²) >= 11 is 3.32. The first-order chi connectivity index (χ1) is 14.3. The molecule has 2 N–H and O–H groups in total. The molecular weight excluding hydrogens is 470 g/mol. The number of rotatable bonds is 9. The van der Waals surface area contributed by atoms with Crippen LogP contribution >= 0.6 is 15.9 Å². The van der Waals surface area contributed by atoms with E-state index >= 15 is 0 Å². The average Bonchev–Trinajstić information content (AvgIpc) is 2.73. The molecule has 9 heteroatoms. The Morgan fingerprint density at radius 1 is 1.00 bits per heavy atom. The van der Waals surface area contributed by atoms with Gasteiger partial charge in [-0.05, 0) is 48.0 Å². The molecule has 0 atom stereocenters. The molecule has 0 saturated heterocycles. The van der Waals surface area contributed by atoms with Crippen LogP contribution in [0.5, 0.6) is 0 Å². The van der Waals surface area contributed by atoms with Gasteiger partial charge in [-0.3, -0.25) is 9.59 Å². The fourth-order valence-corrected chi connectivity index (χ4v) is 4.32. The smallest absolute Gasteiger partial charge is 0.244 e. The minimum atomic E-state index is -3.51. The summed E-state index contributed by atoms with van der Waals surface area (Å²) in [5, 5.41) is 5.18. The van der Waals surface area contributed by atoms with Crippen LogP contribution in [-0.4, -0.2) is 44.2 Å². The molecule has 0 aromatic heterocycles. The van der Waals surface area contributed by atoms with Gasteiger partial charge in [0.15, 0.2) is 0 Å². The summed E-state index contributed by atoms with van der Waals surface area (Å²) in [6.45, 7) is 4.21. The molecule has 0 fully saturated rings. The number of amides is 2. The number of anilines is 1. The van der Waals surface area contributed by atoms with Crippen LogP contribution in [0.2, 0.25) is 0 Å². The van der Waals surface area contributed by atoms with E-state index in [1.54, 1.807) is 56.3 Å². The van der Waals surface area contributed by atoms with E-state index < -0.39 is 15.9 Å². The van der Waals surface area contributed by atoms with Crippen molar-refractivity contribution in [3.05, 3.63) is 64.6 Å². The Balaban J connectivity index is 1.88. The van der Waals surface area contributed by atoms with Crippen molar-refractivity contribution in [1.29, 1.82) is 0 Å². The van der Waals surface area contributed by atoms with Crippen molar-refractivity contribution in [2.75, 3.05) is 25.0 Å². The van der Waals surface area contributed by atoms with Crippen LogP contribution in [0.15, 0.2) is 64.0 Å². The zero-order valence-corrected chi connectivity index (χ0v) is 19.2. The normalized spacial score (nSPS) is 11.6. The Kier molecular flexibility index (Phi) is 8.76. The molecule has 0 heterocycles. The Hall–Kier alpha value is -2.49. The van der Waals surface area contributed by atoms with Gasteiger partial charge in [-0.2, -0.15) is 4.31 Å². The van der Waals surface area contributed by atoms with Crippen molar-refractivity contribution in [2.45, 2.75) is 18.7 Å². The molecule has 160 valence electrons. The molecule has 0 aliphatic heterocycles. The van der Waals surface area contributed by atoms with Crippen molar-refractivity contribution < 1.29 is 18.0 Å². The van der Waals surface area contributed by atoms with E-state index in [1.807, 2.05) is 0 Å². The Bertz CT molecular complexity index is 1000. The maximum atomic E-state index is 12.5. The lowest BCUT2D eigenvalue weighted by molar-refractivity contribution is -0.121. The topological polar surface area (TPSA) is 95.6 Å². The van der Waals surface area contributed by atoms with Gasteiger partial charge in [0.05, 0.1) is 11.4 Å². The van der Waals surface area contributed by atoms with Gasteiger partial charge in [0.1, 0.15) is 0 Å². The first kappa shape index (κ1) is 23.8. The van der Waals surface area contributed by atoms with Crippen molar-refractivity contribution in [3.8, 4) is 0 Å². The SMILES string of the molecule is CCN(CC)S(=O)(=O)c1ccc(/C=C/C(=O)NCC(=O)Nc2ccc(Br)cc2)cc1. The second-order valence-corrected chi connectivity index (χ2v) is 9.12. The lowest BCUT2D eigenvalue weighted by atomic mass is 10.2. The van der Waals surface area contributed by atoms with Gasteiger partial charge in [0.25, 0.3) is 0 Å². The Morgan fingerprint density at radius 2 is 1.60 bits per heavy atom. The summed E-state index contributed by atoms with van der Waals surface area (Å²) in [5.74, 6) is -0.772. The van der Waals surface area contributed by atoms with Crippen molar-refractivity contribution >= 4 is 49.5 Å². The number of hydrogen-bond acceptors (Lipinski definition) is 4. The third kappa shape index (κ3) is 6.79. The number of carbonyl (C=O) groups is 2. The van der Waals surface area contributed by atoms with Crippen molar-refractivity contribution in [2.24, 2.45) is 0 Å². The highest BCUT2D eigenvalue weighted by molar-refractivity contribution is 9.10. The Labute approximate surface area is 185 Å². The molecule has 0 spiro atoms. The molecule has 2 aromatic rings. The van der Waals surface area contributed by atoms with E-state index in [4.69, 9.17) is 0 Å². The minimum Gasteiger partial charge on any atom is -0.343 e. The van der Waals surface area contributed by atoms with E-state index in [0.29, 0.717) is 24.3 Å². The fraction of sp³-hybridized carbons (Fsp3) is 0.238. The number of nitrogens with one attached hydrogen (secondary N) is 2. The summed E-state index contributed by atoms with van der Waals surface area (Å²) in [6.07, 6.45) is 2.84. The van der Waals surface area contributed by atoms with Crippen molar-refractivity contribution in [1.82, 2.24) is 9.62 Å². The van der Waals surface area contributed by atoms with E-state index in [-0.39, 0.29) is 17.3 Å². The largest absolute Gasteiger partial charge is 0.343 e. The number of sulfonamides is 1. The lowest BCUT2D eigenvalue weighted by Crippen LogP contribution is -2.31. The fourth-order valence-electron chi connectivity index (χ4n) is 2.60. The quantitative estimate of drug-likeness (QED) is 0.524. The number of benzene rings is 2. The first-order valence-corrected chi connectivity index (χ1v) is 11.6. The van der Waals surface area contributed by atoms with Gasteiger partial charge in [0.2, 0.25) is 21.8 Å². The van der Waals surface area contributed by atoms with Crippen LogP contribution in [0.3, 0.4) is 0 Å². The molecule has 7 nitrogen and oxygen atoms in total. The third-order valence-electron chi connectivity index (χ3n) is 4.20. The summed E-state index contributed by atoms with van der Waals surface area (Å²) < 4.78 is 27.2. The van der Waals surface area contributed by atoms with Crippen molar-refractivity contribution in [3.63, 3.8) is 0 Å². The molecule has 0 saturated carbocycles. The second-order valence-electron chi connectivity index (χ2n) is 6.26. The van der Waals surface area contributed by atoms with Gasteiger partial charge in [-0.25, -0.2) is 8.42 Å². The van der Waals surface area contributed by atoms with Crippen LogP contribution in [0.1, 0.15) is 19.4 Å². The number of hydrogen-bond donors (Lipinski definition) is 2. The summed E-state index contributed by atoms with van der Waals surface area (Å²) in [5.41, 5.74) is 1.30. The first-order valence-electron chi connectivity index (χ1n) is 9.37. The van der Waals surface area contributed by atoms with E-state index in [0.717, 1.165) is 4.47 Å². The Morgan fingerprint density at radius 3 is 2.17 bits per heavy atom. The van der Waals surface area contributed by atoms with Crippen LogP contribution in [0.4, 0.5) is 5.69 Å². The van der Waals surface area contributed by atoms with E-state index in [2.05, 4.69) is 26.6 Å². The highest BCUT2D eigenvalue weighted by Gasteiger charge is 2.20. The summed E-state index contributed by atoms with van der Waals surface area (Å²) in [6, 6.07) is 13.4. The molecule has 2 aromatic carbocycles. The molecule has 0 bridgehead atoms. The van der Waals surface area contributed by atoms with Crippen LogP contribution in [0.25, 0.3) is 6.08 Å². The van der Waals surface area contributed by atoms with Gasteiger partial charge >= 0.3 is 0 Å². The molecule has 30 heavy (non-hydrogen) atoms. The zero-order chi connectivity index (χ0) is 22.1. The molecule has 2 rings (SSSR count). The van der Waals surface area contributed by atoms with Gasteiger partial charge in [-0.1, -0.05) is 41.9 Å². The monoisotopic (exact) mass is 493 g/mol. The predicted octanol–water partition coefficient (Wildman–Crippen LogP) is 3.25. The average molecular weight is 494 g/mol. The summed E-state index contributed by atoms with van der Waals surface area (Å²) in [7, 11) is -3.51. The minimum absolute atomic E-state index is 0.166. The van der Waals surface area contributed by atoms with Crippen LogP contribution in [0, 0.1) is 0 Å². The molecule has 0 radical (unpaired) electrons. The van der Waals surface area contributed by atoms with Gasteiger partial charge < -0.3 is 10.6 Å². The van der Waals surface area contributed by atoms with Gasteiger partial charge in [-0.15, -0.1) is 0 Å².